The minimum absolute atomic E-state index is 0.0560. The maximum Gasteiger partial charge on any atom is 0.261 e. The van der Waals surface area contributed by atoms with Gasteiger partial charge in [0.05, 0.1) is 4.47 Å². The van der Waals surface area contributed by atoms with E-state index in [4.69, 9.17) is 4.74 Å². The van der Waals surface area contributed by atoms with E-state index in [0.29, 0.717) is 12.3 Å². The number of nitrogens with one attached hydrogen (secondary N) is 1. The zero-order chi connectivity index (χ0) is 15.8. The molecule has 1 aromatic carbocycles. The van der Waals surface area contributed by atoms with E-state index in [9.17, 15) is 4.79 Å². The van der Waals surface area contributed by atoms with Gasteiger partial charge in [-0.3, -0.25) is 4.79 Å². The molecule has 0 fully saturated rings. The van der Waals surface area contributed by atoms with Gasteiger partial charge in [-0.1, -0.05) is 26.0 Å². The van der Waals surface area contributed by atoms with Gasteiger partial charge in [0.2, 0.25) is 0 Å². The van der Waals surface area contributed by atoms with Crippen LogP contribution in [0, 0.1) is 5.92 Å². The van der Waals surface area contributed by atoms with E-state index >= 15 is 0 Å². The van der Waals surface area contributed by atoms with E-state index < -0.39 is 6.10 Å². The van der Waals surface area contributed by atoms with Crippen LogP contribution < -0.4 is 10.1 Å². The van der Waals surface area contributed by atoms with E-state index in [1.807, 2.05) is 52.2 Å². The van der Waals surface area contributed by atoms with Gasteiger partial charge in [0.15, 0.2) is 6.10 Å². The Labute approximate surface area is 136 Å². The molecule has 0 aliphatic heterocycles. The van der Waals surface area contributed by atoms with Crippen LogP contribution in [0.25, 0.3) is 0 Å². The number of halogens is 1. The quantitative estimate of drug-likeness (QED) is 0.728. The summed E-state index contributed by atoms with van der Waals surface area (Å²) in [5.74, 6) is 0.741. The Morgan fingerprint density at radius 2 is 2.00 bits per heavy atom. The summed E-state index contributed by atoms with van der Waals surface area (Å²) in [7, 11) is 4.05. The molecule has 0 bridgehead atoms. The summed E-state index contributed by atoms with van der Waals surface area (Å²) >= 11 is 3.44. The first-order valence-corrected chi connectivity index (χ1v) is 8.04. The van der Waals surface area contributed by atoms with Crippen molar-refractivity contribution in [3.63, 3.8) is 0 Å². The van der Waals surface area contributed by atoms with Crippen molar-refractivity contribution in [3.05, 3.63) is 28.7 Å². The smallest absolute Gasteiger partial charge is 0.261 e. The van der Waals surface area contributed by atoms with Crippen LogP contribution in [0.15, 0.2) is 28.7 Å². The summed E-state index contributed by atoms with van der Waals surface area (Å²) in [6, 6.07) is 7.58. The normalized spacial score (nSPS) is 12.5. The molecule has 0 radical (unpaired) electrons. The van der Waals surface area contributed by atoms with Gasteiger partial charge in [-0.2, -0.15) is 0 Å². The van der Waals surface area contributed by atoms with Gasteiger partial charge in [0, 0.05) is 6.54 Å². The van der Waals surface area contributed by atoms with Crippen molar-refractivity contribution >= 4 is 21.8 Å². The maximum atomic E-state index is 12.3. The van der Waals surface area contributed by atoms with Gasteiger partial charge in [0.25, 0.3) is 5.91 Å². The number of ether oxygens (including phenoxy) is 1. The predicted molar refractivity (Wildman–Crippen MR) is 89.6 cm³/mol. The lowest BCUT2D eigenvalue weighted by atomic mass is 10.1. The first-order chi connectivity index (χ1) is 9.91. The molecular weight excluding hydrogens is 332 g/mol. The fourth-order valence-corrected chi connectivity index (χ4v) is 2.26. The van der Waals surface area contributed by atoms with Gasteiger partial charge < -0.3 is 15.0 Å². The molecule has 0 aliphatic carbocycles. The van der Waals surface area contributed by atoms with Crippen LogP contribution in [0.3, 0.4) is 0 Å². The van der Waals surface area contributed by atoms with Gasteiger partial charge in [-0.05, 0) is 61.0 Å². The molecule has 0 heterocycles. The van der Waals surface area contributed by atoms with Crippen molar-refractivity contribution in [2.24, 2.45) is 5.92 Å². The van der Waals surface area contributed by atoms with Crippen LogP contribution in [-0.4, -0.2) is 44.1 Å². The average molecular weight is 357 g/mol. The van der Waals surface area contributed by atoms with Crippen molar-refractivity contribution in [3.8, 4) is 5.75 Å². The van der Waals surface area contributed by atoms with Crippen molar-refractivity contribution < 1.29 is 9.53 Å². The van der Waals surface area contributed by atoms with Crippen LogP contribution in [-0.2, 0) is 4.79 Å². The van der Waals surface area contributed by atoms with Crippen LogP contribution in [0.2, 0.25) is 0 Å². The third-order valence-corrected chi connectivity index (χ3v) is 3.69. The summed E-state index contributed by atoms with van der Waals surface area (Å²) in [6.07, 6.45) is 0.446. The molecule has 5 heteroatoms. The SMILES string of the molecule is CC(C)[C@H](Oc1ccccc1Br)C(=O)NCCCN(C)C. The maximum absolute atomic E-state index is 12.3. The van der Waals surface area contributed by atoms with Gasteiger partial charge in [-0.25, -0.2) is 0 Å². The van der Waals surface area contributed by atoms with Gasteiger partial charge >= 0.3 is 0 Å². The predicted octanol–water partition coefficient (Wildman–Crippen LogP) is 2.92. The number of hydrogen-bond acceptors (Lipinski definition) is 3. The van der Waals surface area contributed by atoms with Crippen LogP contribution in [0.1, 0.15) is 20.3 Å². The number of benzene rings is 1. The summed E-state index contributed by atoms with van der Waals surface area (Å²) in [4.78, 5) is 14.4. The Balaban J connectivity index is 2.57. The van der Waals surface area contributed by atoms with E-state index in [2.05, 4.69) is 26.1 Å². The zero-order valence-corrected chi connectivity index (χ0v) is 14.8. The third-order valence-electron chi connectivity index (χ3n) is 3.04. The van der Waals surface area contributed by atoms with Crippen molar-refractivity contribution in [1.29, 1.82) is 0 Å². The van der Waals surface area contributed by atoms with Crippen molar-refractivity contribution in [2.45, 2.75) is 26.4 Å². The third kappa shape index (κ3) is 6.48. The first kappa shape index (κ1) is 18.0. The van der Waals surface area contributed by atoms with Crippen LogP contribution in [0.4, 0.5) is 0 Å². The standard InChI is InChI=1S/C16H25BrN2O2/c1-12(2)15(16(20)18-10-7-11-19(3)4)21-14-9-6-5-8-13(14)17/h5-6,8-9,12,15H,7,10-11H2,1-4H3,(H,18,20)/t15-/m0/s1. The Morgan fingerprint density at radius 1 is 1.33 bits per heavy atom. The zero-order valence-electron chi connectivity index (χ0n) is 13.2. The fraction of sp³-hybridized carbons (Fsp3) is 0.562. The second-order valence-electron chi connectivity index (χ2n) is 5.66. The van der Waals surface area contributed by atoms with Gasteiger partial charge in [0.1, 0.15) is 5.75 Å². The minimum atomic E-state index is -0.483. The molecule has 1 atom stereocenters. The lowest BCUT2D eigenvalue weighted by molar-refractivity contribution is -0.129. The average Bonchev–Trinajstić information content (AvgIpc) is 2.41. The molecule has 0 saturated carbocycles. The highest BCUT2D eigenvalue weighted by Crippen LogP contribution is 2.26. The molecule has 0 aliphatic rings. The molecule has 118 valence electrons. The molecule has 1 amide bonds. The number of nitrogens with zero attached hydrogens (tertiary/aromatic N) is 1. The van der Waals surface area contributed by atoms with E-state index in [1.165, 1.54) is 0 Å². The lowest BCUT2D eigenvalue weighted by Crippen LogP contribution is -2.42. The number of hydrogen-bond donors (Lipinski definition) is 1. The molecule has 0 spiro atoms. The Morgan fingerprint density at radius 3 is 2.57 bits per heavy atom. The number of rotatable bonds is 8. The summed E-state index contributed by atoms with van der Waals surface area (Å²) in [5, 5.41) is 2.95. The second kappa shape index (κ2) is 9.05. The Bertz CT molecular complexity index is 450. The summed E-state index contributed by atoms with van der Waals surface area (Å²) < 4.78 is 6.73. The Hall–Kier alpha value is -1.07. The number of carbonyl (C=O) groups is 1. The molecule has 21 heavy (non-hydrogen) atoms. The Kier molecular flexibility index (Phi) is 7.75. The molecule has 0 saturated heterocycles. The molecule has 4 nitrogen and oxygen atoms in total. The molecule has 1 rings (SSSR count). The molecular formula is C16H25BrN2O2. The largest absolute Gasteiger partial charge is 0.479 e. The van der Waals surface area contributed by atoms with Crippen molar-refractivity contribution in [2.75, 3.05) is 27.2 Å². The highest BCUT2D eigenvalue weighted by Gasteiger charge is 2.24. The summed E-state index contributed by atoms with van der Waals surface area (Å²) in [5.41, 5.74) is 0. The van der Waals surface area contributed by atoms with E-state index in [-0.39, 0.29) is 11.8 Å². The molecule has 1 N–H and O–H groups in total. The first-order valence-electron chi connectivity index (χ1n) is 7.25. The van der Waals surface area contributed by atoms with Crippen LogP contribution in [0.5, 0.6) is 5.75 Å². The van der Waals surface area contributed by atoms with E-state index in [0.717, 1.165) is 17.4 Å². The molecule has 0 aromatic heterocycles. The topological polar surface area (TPSA) is 41.6 Å². The van der Waals surface area contributed by atoms with E-state index in [1.54, 1.807) is 0 Å². The highest BCUT2D eigenvalue weighted by molar-refractivity contribution is 9.10. The number of amides is 1. The number of para-hydroxylation sites is 1. The van der Waals surface area contributed by atoms with Crippen molar-refractivity contribution in [1.82, 2.24) is 10.2 Å². The number of carbonyl (C=O) groups excluding carboxylic acids is 1. The van der Waals surface area contributed by atoms with Gasteiger partial charge in [-0.15, -0.1) is 0 Å². The lowest BCUT2D eigenvalue weighted by Gasteiger charge is -2.22. The minimum Gasteiger partial charge on any atom is -0.479 e. The second-order valence-corrected chi connectivity index (χ2v) is 6.52. The molecule has 0 unspecified atom stereocenters. The fourth-order valence-electron chi connectivity index (χ4n) is 1.88. The summed E-state index contributed by atoms with van der Waals surface area (Å²) in [6.45, 7) is 5.60. The monoisotopic (exact) mass is 356 g/mol. The highest BCUT2D eigenvalue weighted by atomic mass is 79.9. The molecule has 1 aromatic rings. The van der Waals surface area contributed by atoms with Crippen LogP contribution >= 0.6 is 15.9 Å².